The van der Waals surface area contributed by atoms with Crippen molar-refractivity contribution in [3.8, 4) is 0 Å². The Bertz CT molecular complexity index is 829. The summed E-state index contributed by atoms with van der Waals surface area (Å²) in [6.07, 6.45) is 5.48. The molecule has 2 saturated carbocycles. The number of ether oxygens (including phenoxy) is 1. The normalized spacial score (nSPS) is 32.2. The van der Waals surface area contributed by atoms with Crippen LogP contribution < -0.4 is 5.32 Å². The van der Waals surface area contributed by atoms with Crippen LogP contribution in [0.4, 0.5) is 0 Å². The molecule has 2 heterocycles. The number of guanidine groups is 1. The van der Waals surface area contributed by atoms with E-state index >= 15 is 0 Å². The number of aliphatic imine (C=N–C) groups is 1. The van der Waals surface area contributed by atoms with Crippen LogP contribution in [-0.4, -0.2) is 91.6 Å². The zero-order valence-corrected chi connectivity index (χ0v) is 19.4. The Morgan fingerprint density at radius 3 is 2.75 bits per heavy atom. The molecule has 5 atom stereocenters. The summed E-state index contributed by atoms with van der Waals surface area (Å²) >= 11 is 0. The molecule has 5 unspecified atom stereocenters. The van der Waals surface area contributed by atoms with Crippen molar-refractivity contribution in [2.75, 3.05) is 46.9 Å². The van der Waals surface area contributed by atoms with Gasteiger partial charge in [-0.1, -0.05) is 36.8 Å². The SMILES string of the molecule is CN(C)C(=O)CN=C(NC1CC2CCC1C2)N1CC2OCCN(Cc3ccccc3)C2C1. The van der Waals surface area contributed by atoms with Gasteiger partial charge in [0.1, 0.15) is 6.54 Å². The number of nitrogens with one attached hydrogen (secondary N) is 1. The number of likely N-dealkylation sites (N-methyl/N-ethyl adjacent to an activating group) is 1. The van der Waals surface area contributed by atoms with Crippen molar-refractivity contribution in [2.45, 2.75) is 50.4 Å². The summed E-state index contributed by atoms with van der Waals surface area (Å²) in [6, 6.07) is 11.5. The molecule has 2 bridgehead atoms. The molecule has 1 aromatic carbocycles. The predicted molar refractivity (Wildman–Crippen MR) is 125 cm³/mol. The summed E-state index contributed by atoms with van der Waals surface area (Å²) in [5.41, 5.74) is 1.34. The molecule has 0 radical (unpaired) electrons. The molecule has 7 heteroatoms. The highest BCUT2D eigenvalue weighted by Crippen LogP contribution is 2.44. The first-order valence-corrected chi connectivity index (χ1v) is 12.2. The highest BCUT2D eigenvalue weighted by molar-refractivity contribution is 5.85. The van der Waals surface area contributed by atoms with Crippen molar-refractivity contribution in [3.63, 3.8) is 0 Å². The van der Waals surface area contributed by atoms with E-state index in [4.69, 9.17) is 9.73 Å². The second-order valence-electron chi connectivity index (χ2n) is 10.2. The highest BCUT2D eigenvalue weighted by Gasteiger charge is 2.44. The van der Waals surface area contributed by atoms with Gasteiger partial charge in [0.2, 0.25) is 5.91 Å². The largest absolute Gasteiger partial charge is 0.373 e. The quantitative estimate of drug-likeness (QED) is 0.560. The van der Waals surface area contributed by atoms with E-state index in [-0.39, 0.29) is 18.6 Å². The van der Waals surface area contributed by atoms with Crippen LogP contribution in [-0.2, 0) is 16.1 Å². The first-order valence-electron chi connectivity index (χ1n) is 12.2. The molecule has 174 valence electrons. The smallest absolute Gasteiger partial charge is 0.243 e. The van der Waals surface area contributed by atoms with Crippen LogP contribution in [0.2, 0.25) is 0 Å². The number of nitrogens with zero attached hydrogens (tertiary/aromatic N) is 4. The Balaban J connectivity index is 1.30. The van der Waals surface area contributed by atoms with E-state index in [0.29, 0.717) is 12.1 Å². The van der Waals surface area contributed by atoms with Gasteiger partial charge in [-0.2, -0.15) is 0 Å². The lowest BCUT2D eigenvalue weighted by Crippen LogP contribution is -2.50. The summed E-state index contributed by atoms with van der Waals surface area (Å²) in [5.74, 6) is 2.56. The Kier molecular flexibility index (Phi) is 6.37. The molecule has 7 nitrogen and oxygen atoms in total. The minimum absolute atomic E-state index is 0.0378. The fourth-order valence-corrected chi connectivity index (χ4v) is 6.05. The van der Waals surface area contributed by atoms with E-state index in [1.165, 1.54) is 31.2 Å². The summed E-state index contributed by atoms with van der Waals surface area (Å²) in [6.45, 7) is 4.59. The van der Waals surface area contributed by atoms with Crippen molar-refractivity contribution < 1.29 is 9.53 Å². The van der Waals surface area contributed by atoms with Crippen LogP contribution in [0.5, 0.6) is 0 Å². The lowest BCUT2D eigenvalue weighted by molar-refractivity contribution is -0.127. The minimum Gasteiger partial charge on any atom is -0.373 e. The zero-order valence-electron chi connectivity index (χ0n) is 19.4. The van der Waals surface area contributed by atoms with E-state index in [2.05, 4.69) is 45.4 Å². The van der Waals surface area contributed by atoms with E-state index in [0.717, 1.165) is 50.6 Å². The third-order valence-electron chi connectivity index (χ3n) is 7.86. The first kappa shape index (κ1) is 21.7. The standard InChI is InChI=1S/C25H37N5O2/c1-28(2)24(31)14-26-25(27-21-13-19-8-9-20(21)12-19)30-16-22-23(17-30)32-11-10-29(22)15-18-6-4-3-5-7-18/h3-7,19-23H,8-17H2,1-2H3,(H,26,27). The van der Waals surface area contributed by atoms with Gasteiger partial charge >= 0.3 is 0 Å². The molecule has 32 heavy (non-hydrogen) atoms. The number of carbonyl (C=O) groups excluding carboxylic acids is 1. The monoisotopic (exact) mass is 439 g/mol. The molecule has 1 aromatic rings. The molecule has 2 saturated heterocycles. The Hall–Kier alpha value is -2.12. The number of morpholine rings is 1. The van der Waals surface area contributed by atoms with Gasteiger partial charge in [-0.3, -0.25) is 9.69 Å². The summed E-state index contributed by atoms with van der Waals surface area (Å²) in [5, 5.41) is 3.79. The average molecular weight is 440 g/mol. The predicted octanol–water partition coefficient (Wildman–Crippen LogP) is 1.79. The van der Waals surface area contributed by atoms with E-state index in [1.807, 2.05) is 0 Å². The molecular weight excluding hydrogens is 402 g/mol. The van der Waals surface area contributed by atoms with Gasteiger partial charge in [-0.25, -0.2) is 4.99 Å². The topological polar surface area (TPSA) is 60.4 Å². The van der Waals surface area contributed by atoms with Crippen molar-refractivity contribution in [2.24, 2.45) is 16.8 Å². The second kappa shape index (κ2) is 9.40. The van der Waals surface area contributed by atoms with Crippen LogP contribution in [0.25, 0.3) is 0 Å². The lowest BCUT2D eigenvalue weighted by atomic mass is 9.95. The molecule has 0 aromatic heterocycles. The van der Waals surface area contributed by atoms with Gasteiger partial charge in [-0.05, 0) is 36.7 Å². The van der Waals surface area contributed by atoms with Crippen LogP contribution in [0.1, 0.15) is 31.2 Å². The van der Waals surface area contributed by atoms with Gasteiger partial charge in [0.05, 0.1) is 18.8 Å². The van der Waals surface area contributed by atoms with Crippen LogP contribution in [0.3, 0.4) is 0 Å². The number of benzene rings is 1. The fraction of sp³-hybridized carbons (Fsp3) is 0.680. The van der Waals surface area contributed by atoms with E-state index in [1.54, 1.807) is 19.0 Å². The fourth-order valence-electron chi connectivity index (χ4n) is 6.05. The maximum atomic E-state index is 12.3. The number of rotatable bonds is 5. The zero-order chi connectivity index (χ0) is 22.1. The van der Waals surface area contributed by atoms with E-state index < -0.39 is 0 Å². The number of amides is 1. The number of fused-ring (bicyclic) bond motifs is 3. The molecule has 5 rings (SSSR count). The Morgan fingerprint density at radius 2 is 2.03 bits per heavy atom. The molecule has 1 amide bonds. The maximum Gasteiger partial charge on any atom is 0.243 e. The van der Waals surface area contributed by atoms with Crippen molar-refractivity contribution >= 4 is 11.9 Å². The van der Waals surface area contributed by atoms with Crippen LogP contribution >= 0.6 is 0 Å². The minimum atomic E-state index is 0.0378. The molecule has 2 aliphatic heterocycles. The Morgan fingerprint density at radius 1 is 1.19 bits per heavy atom. The maximum absolute atomic E-state index is 12.3. The average Bonchev–Trinajstić information content (AvgIpc) is 3.53. The Labute approximate surface area is 191 Å². The number of hydrogen-bond acceptors (Lipinski definition) is 4. The summed E-state index contributed by atoms with van der Waals surface area (Å²) in [4.78, 5) is 23.6. The third-order valence-corrected chi connectivity index (χ3v) is 7.86. The summed E-state index contributed by atoms with van der Waals surface area (Å²) < 4.78 is 6.19. The number of carbonyl (C=O) groups is 1. The molecule has 0 spiro atoms. The van der Waals surface area contributed by atoms with Crippen molar-refractivity contribution in [1.29, 1.82) is 0 Å². The van der Waals surface area contributed by atoms with Crippen LogP contribution in [0.15, 0.2) is 35.3 Å². The van der Waals surface area contributed by atoms with Crippen molar-refractivity contribution in [1.82, 2.24) is 20.0 Å². The van der Waals surface area contributed by atoms with Crippen LogP contribution in [0, 0.1) is 11.8 Å². The first-order chi connectivity index (χ1) is 15.6. The number of hydrogen-bond donors (Lipinski definition) is 1. The van der Waals surface area contributed by atoms with E-state index in [9.17, 15) is 4.79 Å². The third kappa shape index (κ3) is 4.64. The van der Waals surface area contributed by atoms with Crippen molar-refractivity contribution in [3.05, 3.63) is 35.9 Å². The molecular formula is C25H37N5O2. The highest BCUT2D eigenvalue weighted by atomic mass is 16.5. The van der Waals surface area contributed by atoms with Gasteiger partial charge < -0.3 is 19.9 Å². The number of likely N-dealkylation sites (tertiary alicyclic amines) is 1. The molecule has 4 aliphatic rings. The lowest BCUT2D eigenvalue weighted by Gasteiger charge is -2.36. The van der Waals surface area contributed by atoms with Gasteiger partial charge in [0, 0.05) is 46.3 Å². The summed E-state index contributed by atoms with van der Waals surface area (Å²) in [7, 11) is 3.58. The second-order valence-corrected chi connectivity index (χ2v) is 10.2. The molecule has 1 N–H and O–H groups in total. The van der Waals surface area contributed by atoms with Gasteiger partial charge in [0.15, 0.2) is 5.96 Å². The molecule has 2 aliphatic carbocycles. The van der Waals surface area contributed by atoms with Gasteiger partial charge in [-0.15, -0.1) is 0 Å². The van der Waals surface area contributed by atoms with Gasteiger partial charge in [0.25, 0.3) is 0 Å². The molecule has 4 fully saturated rings.